The third kappa shape index (κ3) is 4.06. The number of rotatable bonds is 6. The van der Waals surface area contributed by atoms with Crippen LogP contribution < -0.4 is 5.32 Å². The Labute approximate surface area is 156 Å². The van der Waals surface area contributed by atoms with Crippen molar-refractivity contribution in [3.8, 4) is 0 Å². The molecule has 1 aliphatic carbocycles. The molecule has 6 heteroatoms. The van der Waals surface area contributed by atoms with Gasteiger partial charge in [-0.25, -0.2) is 4.98 Å². The summed E-state index contributed by atoms with van der Waals surface area (Å²) in [6.45, 7) is 5.56. The van der Waals surface area contributed by atoms with Gasteiger partial charge < -0.3 is 10.2 Å². The number of nitrogens with zero attached hydrogens (tertiary/aromatic N) is 4. The molecule has 142 valence electrons. The second-order valence-corrected chi connectivity index (χ2v) is 7.60. The molecule has 0 radical (unpaired) electrons. The highest BCUT2D eigenvalue weighted by Gasteiger charge is 2.19. The predicted octanol–water partition coefficient (Wildman–Crippen LogP) is 2.97. The molecule has 2 heterocycles. The molecule has 0 unspecified atom stereocenters. The fourth-order valence-corrected chi connectivity index (χ4v) is 4.08. The highest BCUT2D eigenvalue weighted by Crippen LogP contribution is 2.22. The van der Waals surface area contributed by atoms with Gasteiger partial charge in [-0.2, -0.15) is 5.10 Å². The Balaban J connectivity index is 1.58. The Morgan fingerprint density at radius 3 is 2.77 bits per heavy atom. The average molecular weight is 358 g/mol. The van der Waals surface area contributed by atoms with E-state index in [0.717, 1.165) is 41.4 Å². The van der Waals surface area contributed by atoms with E-state index in [0.29, 0.717) is 12.1 Å². The summed E-state index contributed by atoms with van der Waals surface area (Å²) in [6.07, 6.45) is 7.70. The van der Waals surface area contributed by atoms with Crippen LogP contribution in [0.2, 0.25) is 0 Å². The van der Waals surface area contributed by atoms with Gasteiger partial charge in [-0.3, -0.25) is 9.48 Å². The maximum absolute atomic E-state index is 12.7. The van der Waals surface area contributed by atoms with Crippen molar-refractivity contribution in [2.45, 2.75) is 58.4 Å². The average Bonchev–Trinajstić information content (AvgIpc) is 2.92. The molecule has 0 bridgehead atoms. The van der Waals surface area contributed by atoms with Crippen molar-refractivity contribution in [3.05, 3.63) is 23.0 Å². The zero-order valence-electron chi connectivity index (χ0n) is 16.5. The lowest BCUT2D eigenvalue weighted by Gasteiger charge is -2.31. The van der Waals surface area contributed by atoms with Gasteiger partial charge in [-0.05, 0) is 52.8 Å². The highest BCUT2D eigenvalue weighted by atomic mass is 16.1. The number of fused-ring (bicyclic) bond motifs is 1. The van der Waals surface area contributed by atoms with E-state index in [1.165, 1.54) is 32.1 Å². The van der Waals surface area contributed by atoms with E-state index in [1.54, 1.807) is 4.68 Å². The molecule has 0 aromatic carbocycles. The number of amides is 1. The lowest BCUT2D eigenvalue weighted by Crippen LogP contribution is -2.35. The maximum Gasteiger partial charge on any atom is 0.252 e. The molecular formula is C20H31N5O. The summed E-state index contributed by atoms with van der Waals surface area (Å²) in [7, 11) is 4.08. The molecule has 2 aromatic heterocycles. The monoisotopic (exact) mass is 357 g/mol. The van der Waals surface area contributed by atoms with Crippen LogP contribution in [0.1, 0.15) is 60.3 Å². The second kappa shape index (κ2) is 8.16. The van der Waals surface area contributed by atoms with E-state index in [2.05, 4.69) is 27.3 Å². The number of carbonyl (C=O) groups is 1. The van der Waals surface area contributed by atoms with Gasteiger partial charge in [0.2, 0.25) is 0 Å². The second-order valence-electron chi connectivity index (χ2n) is 7.60. The molecule has 1 aliphatic rings. The number of hydrogen-bond acceptors (Lipinski definition) is 4. The van der Waals surface area contributed by atoms with E-state index < -0.39 is 0 Å². The molecule has 1 saturated carbocycles. The molecule has 0 spiro atoms. The van der Waals surface area contributed by atoms with Gasteiger partial charge in [-0.15, -0.1) is 0 Å². The summed E-state index contributed by atoms with van der Waals surface area (Å²) in [5, 5.41) is 8.35. The first-order chi connectivity index (χ1) is 12.5. The number of pyridine rings is 1. The van der Waals surface area contributed by atoms with Crippen LogP contribution in [0.4, 0.5) is 0 Å². The van der Waals surface area contributed by atoms with Gasteiger partial charge in [0.05, 0.1) is 16.6 Å². The van der Waals surface area contributed by atoms with Crippen molar-refractivity contribution in [1.29, 1.82) is 0 Å². The van der Waals surface area contributed by atoms with Crippen LogP contribution in [0.15, 0.2) is 6.07 Å². The lowest BCUT2D eigenvalue weighted by atomic mass is 9.94. The van der Waals surface area contributed by atoms with Crippen LogP contribution in [0.25, 0.3) is 11.0 Å². The standard InChI is InChI=1S/C20H31N5O/c1-14-13-17(18-15(2)23-25(4)19(18)22-14)20(26)21-11-8-12-24(3)16-9-6-5-7-10-16/h13,16H,5-12H2,1-4H3,(H,21,26). The predicted molar refractivity (Wildman–Crippen MR) is 104 cm³/mol. The first-order valence-electron chi connectivity index (χ1n) is 9.76. The molecule has 1 amide bonds. The SMILES string of the molecule is Cc1cc(C(=O)NCCCN(C)C2CCCCC2)c2c(C)nn(C)c2n1. The zero-order valence-corrected chi connectivity index (χ0v) is 16.5. The first kappa shape index (κ1) is 18.8. The summed E-state index contributed by atoms with van der Waals surface area (Å²) < 4.78 is 1.74. The van der Waals surface area contributed by atoms with Crippen molar-refractivity contribution >= 4 is 16.9 Å². The summed E-state index contributed by atoms with van der Waals surface area (Å²) >= 11 is 0. The normalized spacial score (nSPS) is 15.7. The third-order valence-electron chi connectivity index (χ3n) is 5.51. The Kier molecular flexibility index (Phi) is 5.91. The number of hydrogen-bond donors (Lipinski definition) is 1. The molecule has 0 aliphatic heterocycles. The third-order valence-corrected chi connectivity index (χ3v) is 5.51. The smallest absolute Gasteiger partial charge is 0.252 e. The summed E-state index contributed by atoms with van der Waals surface area (Å²) in [4.78, 5) is 19.7. The largest absolute Gasteiger partial charge is 0.352 e. The Morgan fingerprint density at radius 2 is 2.04 bits per heavy atom. The highest BCUT2D eigenvalue weighted by molar-refractivity contribution is 6.06. The van der Waals surface area contributed by atoms with Gasteiger partial charge in [0.1, 0.15) is 0 Å². The molecule has 26 heavy (non-hydrogen) atoms. The molecule has 0 atom stereocenters. The van der Waals surface area contributed by atoms with Crippen molar-refractivity contribution in [3.63, 3.8) is 0 Å². The summed E-state index contributed by atoms with van der Waals surface area (Å²) in [6, 6.07) is 2.58. The maximum atomic E-state index is 12.7. The van der Waals surface area contributed by atoms with Crippen LogP contribution >= 0.6 is 0 Å². The first-order valence-corrected chi connectivity index (χ1v) is 9.76. The number of carbonyl (C=O) groups excluding carboxylic acids is 1. The Bertz CT molecular complexity index is 776. The topological polar surface area (TPSA) is 63.1 Å². The van der Waals surface area contributed by atoms with Gasteiger partial charge in [0.15, 0.2) is 5.65 Å². The van der Waals surface area contributed by atoms with E-state index >= 15 is 0 Å². The number of nitrogens with one attached hydrogen (secondary N) is 1. The van der Waals surface area contributed by atoms with Crippen molar-refractivity contribution in [2.24, 2.45) is 7.05 Å². The molecular weight excluding hydrogens is 326 g/mol. The van der Waals surface area contributed by atoms with Gasteiger partial charge >= 0.3 is 0 Å². The molecule has 3 rings (SSSR count). The number of aryl methyl sites for hydroxylation is 3. The van der Waals surface area contributed by atoms with Crippen LogP contribution in [0.3, 0.4) is 0 Å². The fourth-order valence-electron chi connectivity index (χ4n) is 4.08. The minimum atomic E-state index is -0.0306. The summed E-state index contributed by atoms with van der Waals surface area (Å²) in [5.74, 6) is -0.0306. The van der Waals surface area contributed by atoms with E-state index in [4.69, 9.17) is 0 Å². The molecule has 2 aromatic rings. The van der Waals surface area contributed by atoms with Gasteiger partial charge in [0.25, 0.3) is 5.91 Å². The van der Waals surface area contributed by atoms with E-state index in [9.17, 15) is 4.79 Å². The van der Waals surface area contributed by atoms with Gasteiger partial charge in [-0.1, -0.05) is 19.3 Å². The molecule has 0 saturated heterocycles. The van der Waals surface area contributed by atoms with Crippen LogP contribution in [-0.4, -0.2) is 51.8 Å². The quantitative estimate of drug-likeness (QED) is 0.808. The van der Waals surface area contributed by atoms with E-state index in [-0.39, 0.29) is 5.91 Å². The number of aromatic nitrogens is 3. The lowest BCUT2D eigenvalue weighted by molar-refractivity contribution is 0.0952. The zero-order chi connectivity index (χ0) is 18.7. The minimum Gasteiger partial charge on any atom is -0.352 e. The van der Waals surface area contributed by atoms with Crippen LogP contribution in [-0.2, 0) is 7.05 Å². The van der Waals surface area contributed by atoms with Crippen LogP contribution in [0.5, 0.6) is 0 Å². The van der Waals surface area contributed by atoms with Crippen molar-refractivity contribution in [2.75, 3.05) is 20.1 Å². The fraction of sp³-hybridized carbons (Fsp3) is 0.650. The minimum absolute atomic E-state index is 0.0306. The summed E-state index contributed by atoms with van der Waals surface area (Å²) in [5.41, 5.74) is 3.13. The van der Waals surface area contributed by atoms with E-state index in [1.807, 2.05) is 27.0 Å². The molecule has 6 nitrogen and oxygen atoms in total. The van der Waals surface area contributed by atoms with Crippen molar-refractivity contribution < 1.29 is 4.79 Å². The molecule has 1 fully saturated rings. The van der Waals surface area contributed by atoms with Crippen LogP contribution in [0, 0.1) is 13.8 Å². The Hall–Kier alpha value is -1.95. The Morgan fingerprint density at radius 1 is 1.31 bits per heavy atom. The van der Waals surface area contributed by atoms with Crippen molar-refractivity contribution in [1.82, 2.24) is 25.0 Å². The molecule has 1 N–H and O–H groups in total. The van der Waals surface area contributed by atoms with Gasteiger partial charge in [0, 0.05) is 25.3 Å².